The first kappa shape index (κ1) is 15.9. The topological polar surface area (TPSA) is 52.3 Å². The van der Waals surface area contributed by atoms with Gasteiger partial charge in [-0.05, 0) is 19.4 Å². The molecule has 0 aromatic rings. The minimum Gasteiger partial charge on any atom is -0.372 e. The lowest BCUT2D eigenvalue weighted by atomic mass is 10.3. The van der Waals surface area contributed by atoms with Crippen LogP contribution in [0.4, 0.5) is 13.2 Å². The van der Waals surface area contributed by atoms with Gasteiger partial charge in [-0.25, -0.2) is 0 Å². The molecule has 0 bridgehead atoms. The van der Waals surface area contributed by atoms with Gasteiger partial charge in [0, 0.05) is 28.4 Å². The summed E-state index contributed by atoms with van der Waals surface area (Å²) in [6.07, 6.45) is -3.25. The lowest BCUT2D eigenvalue weighted by Gasteiger charge is -2.10. The van der Waals surface area contributed by atoms with E-state index in [-0.39, 0.29) is 11.9 Å². The Bertz CT molecular complexity index is 211. The molecule has 98 valence electrons. The van der Waals surface area contributed by atoms with E-state index >= 15 is 0 Å². The molecule has 0 heterocycles. The van der Waals surface area contributed by atoms with Crippen molar-refractivity contribution in [3.63, 3.8) is 0 Å². The number of hydrogen-bond acceptors (Lipinski definition) is 3. The highest BCUT2D eigenvalue weighted by Gasteiger charge is 2.27. The molecular weight excluding hydrogens is 243 g/mol. The maximum absolute atomic E-state index is 11.7. The van der Waals surface area contributed by atoms with E-state index in [0.29, 0.717) is 25.1 Å². The molecule has 0 saturated heterocycles. The average Bonchev–Trinajstić information content (AvgIpc) is 2.15. The van der Waals surface area contributed by atoms with Crippen molar-refractivity contribution in [1.82, 2.24) is 0 Å². The van der Waals surface area contributed by atoms with E-state index in [9.17, 15) is 17.4 Å². The Morgan fingerprint density at radius 2 is 2.06 bits per heavy atom. The Labute approximate surface area is 96.0 Å². The number of hydrogen-bond donors (Lipinski definition) is 1. The normalized spacial score (nSPS) is 16.1. The van der Waals surface area contributed by atoms with Gasteiger partial charge in [0.15, 0.2) is 0 Å². The molecule has 2 atom stereocenters. The fraction of sp³-hybridized carbons (Fsp3) is 1.00. The second kappa shape index (κ2) is 8.03. The molecule has 0 amide bonds. The highest BCUT2D eigenvalue weighted by Crippen LogP contribution is 2.14. The first-order chi connectivity index (χ1) is 7.37. The van der Waals surface area contributed by atoms with E-state index in [1.165, 1.54) is 0 Å². The van der Waals surface area contributed by atoms with Gasteiger partial charge in [0.1, 0.15) is 6.61 Å². The minimum absolute atomic E-state index is 0.00684. The summed E-state index contributed by atoms with van der Waals surface area (Å²) in [6.45, 7) is 1.04. The zero-order chi connectivity index (χ0) is 12.6. The van der Waals surface area contributed by atoms with Gasteiger partial charge in [-0.1, -0.05) is 6.92 Å². The van der Waals surface area contributed by atoms with Crippen molar-refractivity contribution in [3.8, 4) is 0 Å². The summed E-state index contributed by atoms with van der Waals surface area (Å²) < 4.78 is 50.9. The Morgan fingerprint density at radius 3 is 2.56 bits per heavy atom. The average molecular weight is 261 g/mol. The Morgan fingerprint density at radius 1 is 1.44 bits per heavy atom. The predicted octanol–water partition coefficient (Wildman–Crippen LogP) is 1.44. The largest absolute Gasteiger partial charge is 0.411 e. The highest BCUT2D eigenvalue weighted by atomic mass is 32.2. The Hall–Kier alpha value is -0.140. The zero-order valence-electron chi connectivity index (χ0n) is 9.26. The van der Waals surface area contributed by atoms with E-state index in [2.05, 4.69) is 4.74 Å². The summed E-state index contributed by atoms with van der Waals surface area (Å²) in [6, 6.07) is 0. The lowest BCUT2D eigenvalue weighted by Crippen LogP contribution is -2.20. The van der Waals surface area contributed by atoms with Gasteiger partial charge >= 0.3 is 6.18 Å². The molecule has 2 N–H and O–H groups in total. The first-order valence-electron chi connectivity index (χ1n) is 5.08. The molecule has 7 heteroatoms. The summed E-state index contributed by atoms with van der Waals surface area (Å²) >= 11 is 0. The molecule has 0 spiro atoms. The van der Waals surface area contributed by atoms with E-state index in [1.54, 1.807) is 0 Å². The van der Waals surface area contributed by atoms with Crippen LogP contribution in [0.25, 0.3) is 0 Å². The number of alkyl halides is 3. The van der Waals surface area contributed by atoms with Crippen molar-refractivity contribution in [3.05, 3.63) is 0 Å². The van der Waals surface area contributed by atoms with Crippen LogP contribution in [0.3, 0.4) is 0 Å². The molecular formula is C9H18F3NO2S. The summed E-state index contributed by atoms with van der Waals surface area (Å²) in [5.41, 5.74) is 5.31. The molecule has 0 aromatic carbocycles. The van der Waals surface area contributed by atoms with E-state index in [1.807, 2.05) is 6.92 Å². The first-order valence-corrected chi connectivity index (χ1v) is 6.46. The molecule has 2 unspecified atom stereocenters. The molecule has 16 heavy (non-hydrogen) atoms. The third-order valence-corrected chi connectivity index (χ3v) is 3.75. The van der Waals surface area contributed by atoms with Crippen LogP contribution in [-0.4, -0.2) is 41.1 Å². The Kier molecular flexibility index (Phi) is 7.96. The number of nitrogens with two attached hydrogens (primary N) is 1. The van der Waals surface area contributed by atoms with Gasteiger partial charge in [0.05, 0.1) is 0 Å². The van der Waals surface area contributed by atoms with Crippen LogP contribution in [-0.2, 0) is 15.5 Å². The predicted molar refractivity (Wildman–Crippen MR) is 57.6 cm³/mol. The zero-order valence-corrected chi connectivity index (χ0v) is 10.1. The second-order valence-electron chi connectivity index (χ2n) is 3.49. The van der Waals surface area contributed by atoms with Crippen LogP contribution in [0.15, 0.2) is 0 Å². The maximum atomic E-state index is 11.7. The van der Waals surface area contributed by atoms with Crippen molar-refractivity contribution < 1.29 is 22.1 Å². The van der Waals surface area contributed by atoms with Crippen LogP contribution >= 0.6 is 0 Å². The number of halogens is 3. The maximum Gasteiger partial charge on any atom is 0.411 e. The van der Waals surface area contributed by atoms with Crippen molar-refractivity contribution in [2.24, 2.45) is 5.73 Å². The van der Waals surface area contributed by atoms with Crippen molar-refractivity contribution in [2.75, 3.05) is 25.5 Å². The van der Waals surface area contributed by atoms with Crippen LogP contribution in [0.1, 0.15) is 19.8 Å². The van der Waals surface area contributed by atoms with Gasteiger partial charge in [0.2, 0.25) is 0 Å². The summed E-state index contributed by atoms with van der Waals surface area (Å²) in [5, 5.41) is -0.00684. The van der Waals surface area contributed by atoms with Crippen molar-refractivity contribution in [2.45, 2.75) is 31.2 Å². The van der Waals surface area contributed by atoms with Crippen LogP contribution in [0, 0.1) is 0 Å². The molecule has 0 aliphatic rings. The van der Waals surface area contributed by atoms with Gasteiger partial charge in [-0.15, -0.1) is 0 Å². The molecule has 0 rings (SSSR count). The summed E-state index contributed by atoms with van der Waals surface area (Å²) in [7, 11) is -1.03. The lowest BCUT2D eigenvalue weighted by molar-refractivity contribution is -0.173. The fourth-order valence-corrected chi connectivity index (χ4v) is 2.26. The SMILES string of the molecule is CC(CCN)S(=O)CCCOCC(F)(F)F. The van der Waals surface area contributed by atoms with Gasteiger partial charge < -0.3 is 10.5 Å². The number of rotatable bonds is 8. The second-order valence-corrected chi connectivity index (χ2v) is 5.47. The van der Waals surface area contributed by atoms with E-state index < -0.39 is 23.6 Å². The highest BCUT2D eigenvalue weighted by molar-refractivity contribution is 7.85. The quantitative estimate of drug-likeness (QED) is 0.673. The van der Waals surface area contributed by atoms with Gasteiger partial charge in [0.25, 0.3) is 0 Å². The molecule has 0 saturated carbocycles. The van der Waals surface area contributed by atoms with Gasteiger partial charge in [-0.3, -0.25) is 4.21 Å². The fourth-order valence-electron chi connectivity index (χ4n) is 1.06. The Balaban J connectivity index is 3.48. The molecule has 3 nitrogen and oxygen atoms in total. The van der Waals surface area contributed by atoms with Crippen molar-refractivity contribution >= 4 is 10.8 Å². The van der Waals surface area contributed by atoms with E-state index in [0.717, 1.165) is 0 Å². The third-order valence-electron chi connectivity index (χ3n) is 1.92. The summed E-state index contributed by atoms with van der Waals surface area (Å²) in [4.78, 5) is 0. The van der Waals surface area contributed by atoms with Crippen LogP contribution in [0.5, 0.6) is 0 Å². The third kappa shape index (κ3) is 9.11. The van der Waals surface area contributed by atoms with Gasteiger partial charge in [-0.2, -0.15) is 13.2 Å². The molecule has 0 aromatic heterocycles. The number of ether oxygens (including phenoxy) is 1. The van der Waals surface area contributed by atoms with Crippen molar-refractivity contribution in [1.29, 1.82) is 0 Å². The summed E-state index contributed by atoms with van der Waals surface area (Å²) in [5.74, 6) is 0.360. The molecule has 0 aliphatic carbocycles. The van der Waals surface area contributed by atoms with Crippen LogP contribution in [0.2, 0.25) is 0 Å². The van der Waals surface area contributed by atoms with Crippen LogP contribution < -0.4 is 5.73 Å². The smallest absolute Gasteiger partial charge is 0.372 e. The molecule has 0 radical (unpaired) electrons. The van der Waals surface area contributed by atoms with E-state index in [4.69, 9.17) is 5.73 Å². The standard InChI is InChI=1S/C9H18F3NO2S/c1-8(3-4-13)16(14)6-2-5-15-7-9(10,11)12/h8H,2-7,13H2,1H3. The molecule has 0 fully saturated rings. The molecule has 0 aliphatic heterocycles. The minimum atomic E-state index is -4.29. The monoisotopic (exact) mass is 261 g/mol.